The highest BCUT2D eigenvalue weighted by Gasteiger charge is 2.28. The molecule has 2 rings (SSSR count). The minimum atomic E-state index is -0.183. The van der Waals surface area contributed by atoms with Gasteiger partial charge in [0.1, 0.15) is 0 Å². The lowest BCUT2D eigenvalue weighted by atomic mass is 10.1. The van der Waals surface area contributed by atoms with Gasteiger partial charge in [-0.1, -0.05) is 19.1 Å². The lowest BCUT2D eigenvalue weighted by Crippen LogP contribution is -2.39. The van der Waals surface area contributed by atoms with Crippen molar-refractivity contribution in [3.63, 3.8) is 0 Å². The van der Waals surface area contributed by atoms with Crippen molar-refractivity contribution in [2.45, 2.75) is 32.2 Å². The van der Waals surface area contributed by atoms with Crippen LogP contribution in [0.2, 0.25) is 0 Å². The predicted octanol–water partition coefficient (Wildman–Crippen LogP) is 1.95. The van der Waals surface area contributed by atoms with E-state index in [1.807, 2.05) is 6.07 Å². The van der Waals surface area contributed by atoms with Gasteiger partial charge in [0.2, 0.25) is 5.91 Å². The molecular weight excluding hydrogens is 302 g/mol. The normalized spacial score (nSPS) is 14.7. The number of halogens is 1. The number of amides is 2. The van der Waals surface area contributed by atoms with Crippen molar-refractivity contribution in [2.24, 2.45) is 11.7 Å². The molecule has 0 aliphatic heterocycles. The zero-order valence-corrected chi connectivity index (χ0v) is 13.9. The third kappa shape index (κ3) is 4.45. The highest BCUT2D eigenvalue weighted by molar-refractivity contribution is 6.04. The molecule has 0 saturated heterocycles. The number of nitrogens with two attached hydrogens (primary N) is 1. The van der Waals surface area contributed by atoms with Crippen LogP contribution in [-0.2, 0) is 4.79 Å². The fraction of sp³-hybridized carbons (Fsp3) is 0.500. The molecular formula is C16H24ClN3O2. The van der Waals surface area contributed by atoms with E-state index in [-0.39, 0.29) is 30.3 Å². The first kappa shape index (κ1) is 18.5. The summed E-state index contributed by atoms with van der Waals surface area (Å²) in [5.41, 5.74) is 7.12. The molecule has 1 aromatic carbocycles. The number of rotatable bonds is 6. The van der Waals surface area contributed by atoms with Crippen molar-refractivity contribution in [3.8, 4) is 0 Å². The van der Waals surface area contributed by atoms with Gasteiger partial charge in [0.25, 0.3) is 5.91 Å². The SMILES string of the molecule is CCC(=O)N(C)c1ccccc1C(=O)NCC(N)C1CC1.Cl. The maximum absolute atomic E-state index is 12.3. The summed E-state index contributed by atoms with van der Waals surface area (Å²) in [6, 6.07) is 7.15. The minimum absolute atomic E-state index is 0. The Labute approximate surface area is 137 Å². The maximum atomic E-state index is 12.3. The van der Waals surface area contributed by atoms with Gasteiger partial charge in [0, 0.05) is 26.1 Å². The van der Waals surface area contributed by atoms with Crippen LogP contribution < -0.4 is 16.0 Å². The van der Waals surface area contributed by atoms with Gasteiger partial charge in [-0.15, -0.1) is 12.4 Å². The van der Waals surface area contributed by atoms with E-state index in [0.29, 0.717) is 30.1 Å². The monoisotopic (exact) mass is 325 g/mol. The summed E-state index contributed by atoms with van der Waals surface area (Å²) in [5, 5.41) is 2.87. The van der Waals surface area contributed by atoms with Crippen LogP contribution in [0.15, 0.2) is 24.3 Å². The largest absolute Gasteiger partial charge is 0.350 e. The third-order valence-electron chi connectivity index (χ3n) is 3.91. The van der Waals surface area contributed by atoms with E-state index in [9.17, 15) is 9.59 Å². The maximum Gasteiger partial charge on any atom is 0.253 e. The molecule has 0 bridgehead atoms. The van der Waals surface area contributed by atoms with Crippen LogP contribution in [0.3, 0.4) is 0 Å². The van der Waals surface area contributed by atoms with E-state index in [4.69, 9.17) is 5.73 Å². The first-order chi connectivity index (χ1) is 10.0. The van der Waals surface area contributed by atoms with E-state index < -0.39 is 0 Å². The topological polar surface area (TPSA) is 75.4 Å². The fourth-order valence-corrected chi connectivity index (χ4v) is 2.33. The Morgan fingerprint density at radius 1 is 1.36 bits per heavy atom. The molecule has 1 aromatic rings. The number of nitrogens with zero attached hydrogens (tertiary/aromatic N) is 1. The molecule has 5 nitrogen and oxygen atoms in total. The van der Waals surface area contributed by atoms with Gasteiger partial charge in [0.15, 0.2) is 0 Å². The standard InChI is InChI=1S/C16H23N3O2.ClH/c1-3-15(20)19(2)14-7-5-4-6-12(14)16(21)18-10-13(17)11-8-9-11;/h4-7,11,13H,3,8-10,17H2,1-2H3,(H,18,21);1H. The van der Waals surface area contributed by atoms with Gasteiger partial charge in [-0.05, 0) is 30.9 Å². The predicted molar refractivity (Wildman–Crippen MR) is 90.4 cm³/mol. The van der Waals surface area contributed by atoms with E-state index in [2.05, 4.69) is 5.32 Å². The van der Waals surface area contributed by atoms with Crippen LogP contribution in [0.5, 0.6) is 0 Å². The highest BCUT2D eigenvalue weighted by atomic mass is 35.5. The summed E-state index contributed by atoms with van der Waals surface area (Å²) >= 11 is 0. The quantitative estimate of drug-likeness (QED) is 0.839. The Morgan fingerprint density at radius 3 is 2.59 bits per heavy atom. The molecule has 2 amide bonds. The van der Waals surface area contributed by atoms with Gasteiger partial charge in [-0.25, -0.2) is 0 Å². The number of nitrogens with one attached hydrogen (secondary N) is 1. The number of anilines is 1. The first-order valence-corrected chi connectivity index (χ1v) is 7.44. The van der Waals surface area contributed by atoms with Crippen LogP contribution in [0.1, 0.15) is 36.5 Å². The molecule has 0 spiro atoms. The Balaban J connectivity index is 0.00000242. The zero-order valence-electron chi connectivity index (χ0n) is 13.0. The van der Waals surface area contributed by atoms with E-state index in [1.165, 1.54) is 4.90 Å². The Bertz CT molecular complexity index is 532. The molecule has 122 valence electrons. The number of carbonyl (C=O) groups is 2. The fourth-order valence-electron chi connectivity index (χ4n) is 2.33. The molecule has 6 heteroatoms. The Morgan fingerprint density at radius 2 is 2.00 bits per heavy atom. The number of para-hydroxylation sites is 1. The lowest BCUT2D eigenvalue weighted by molar-refractivity contribution is -0.118. The smallest absolute Gasteiger partial charge is 0.253 e. The highest BCUT2D eigenvalue weighted by Crippen LogP contribution is 2.31. The van der Waals surface area contributed by atoms with Crippen molar-refractivity contribution >= 4 is 29.9 Å². The summed E-state index contributed by atoms with van der Waals surface area (Å²) in [5.74, 6) is 0.340. The van der Waals surface area contributed by atoms with E-state index >= 15 is 0 Å². The van der Waals surface area contributed by atoms with Crippen molar-refractivity contribution in [1.29, 1.82) is 0 Å². The number of hydrogen-bond acceptors (Lipinski definition) is 3. The molecule has 1 atom stereocenters. The average molecular weight is 326 g/mol. The second-order valence-corrected chi connectivity index (χ2v) is 5.53. The van der Waals surface area contributed by atoms with Crippen molar-refractivity contribution in [3.05, 3.63) is 29.8 Å². The molecule has 0 heterocycles. The lowest BCUT2D eigenvalue weighted by Gasteiger charge is -2.20. The second kappa shape index (κ2) is 8.15. The van der Waals surface area contributed by atoms with Crippen LogP contribution in [0.4, 0.5) is 5.69 Å². The Kier molecular flexibility index (Phi) is 6.84. The van der Waals surface area contributed by atoms with E-state index in [0.717, 1.165) is 12.8 Å². The number of carbonyl (C=O) groups excluding carboxylic acids is 2. The summed E-state index contributed by atoms with van der Waals surface area (Å²) in [6.45, 7) is 2.28. The Hall–Kier alpha value is -1.59. The molecule has 1 aliphatic rings. The summed E-state index contributed by atoms with van der Waals surface area (Å²) < 4.78 is 0. The molecule has 22 heavy (non-hydrogen) atoms. The summed E-state index contributed by atoms with van der Waals surface area (Å²) in [7, 11) is 1.69. The van der Waals surface area contributed by atoms with Crippen molar-refractivity contribution in [2.75, 3.05) is 18.5 Å². The van der Waals surface area contributed by atoms with Crippen LogP contribution in [0, 0.1) is 5.92 Å². The average Bonchev–Trinajstić information content (AvgIpc) is 3.35. The molecule has 0 radical (unpaired) electrons. The van der Waals surface area contributed by atoms with Crippen molar-refractivity contribution in [1.82, 2.24) is 5.32 Å². The third-order valence-corrected chi connectivity index (χ3v) is 3.91. The molecule has 1 unspecified atom stereocenters. The van der Waals surface area contributed by atoms with Gasteiger partial charge < -0.3 is 16.0 Å². The minimum Gasteiger partial charge on any atom is -0.350 e. The molecule has 3 N–H and O–H groups in total. The van der Waals surface area contributed by atoms with Crippen LogP contribution in [0.25, 0.3) is 0 Å². The number of benzene rings is 1. The van der Waals surface area contributed by atoms with Gasteiger partial charge in [-0.3, -0.25) is 9.59 Å². The molecule has 1 aliphatic carbocycles. The van der Waals surface area contributed by atoms with Crippen LogP contribution >= 0.6 is 12.4 Å². The van der Waals surface area contributed by atoms with E-state index in [1.54, 1.807) is 32.2 Å². The van der Waals surface area contributed by atoms with Crippen LogP contribution in [-0.4, -0.2) is 31.4 Å². The zero-order chi connectivity index (χ0) is 15.4. The second-order valence-electron chi connectivity index (χ2n) is 5.53. The first-order valence-electron chi connectivity index (χ1n) is 7.44. The summed E-state index contributed by atoms with van der Waals surface area (Å²) in [6.07, 6.45) is 2.71. The molecule has 0 aromatic heterocycles. The molecule has 1 saturated carbocycles. The van der Waals surface area contributed by atoms with Gasteiger partial charge in [-0.2, -0.15) is 0 Å². The summed E-state index contributed by atoms with van der Waals surface area (Å²) in [4.78, 5) is 25.7. The molecule has 1 fully saturated rings. The van der Waals surface area contributed by atoms with Crippen molar-refractivity contribution < 1.29 is 9.59 Å². The number of hydrogen-bond donors (Lipinski definition) is 2. The van der Waals surface area contributed by atoms with Gasteiger partial charge >= 0.3 is 0 Å². The van der Waals surface area contributed by atoms with Gasteiger partial charge in [0.05, 0.1) is 11.3 Å².